The number of nitriles is 1. The molecule has 0 aromatic heterocycles. The van der Waals surface area contributed by atoms with Crippen molar-refractivity contribution < 1.29 is 8.78 Å². The molecule has 3 heteroatoms. The van der Waals surface area contributed by atoms with Crippen molar-refractivity contribution in [1.29, 1.82) is 5.26 Å². The van der Waals surface area contributed by atoms with Gasteiger partial charge in [0.1, 0.15) is 23.3 Å². The van der Waals surface area contributed by atoms with Crippen LogP contribution in [0.2, 0.25) is 0 Å². The Morgan fingerprint density at radius 2 is 1.58 bits per heavy atom. The van der Waals surface area contributed by atoms with Crippen LogP contribution < -0.4 is 0 Å². The van der Waals surface area contributed by atoms with Gasteiger partial charge in [-0.3, -0.25) is 0 Å². The lowest BCUT2D eigenvalue weighted by molar-refractivity contribution is 0.577. The molecule has 0 aliphatic rings. The Hall–Kier alpha value is -2.21. The zero-order valence-electron chi connectivity index (χ0n) is 10.6. The van der Waals surface area contributed by atoms with Crippen LogP contribution in [-0.2, 0) is 6.42 Å². The van der Waals surface area contributed by atoms with Gasteiger partial charge in [-0.05, 0) is 35.2 Å². The summed E-state index contributed by atoms with van der Waals surface area (Å²) in [6, 6.07) is 11.5. The van der Waals surface area contributed by atoms with Crippen LogP contribution in [0.1, 0.15) is 24.5 Å². The van der Waals surface area contributed by atoms with Gasteiger partial charge in [-0.25, -0.2) is 8.78 Å². The second-order valence-corrected chi connectivity index (χ2v) is 4.37. The van der Waals surface area contributed by atoms with Gasteiger partial charge >= 0.3 is 0 Å². The summed E-state index contributed by atoms with van der Waals surface area (Å²) in [4.78, 5) is 0. The Balaban J connectivity index is 2.40. The predicted octanol–water partition coefficient (Wildman–Crippen LogP) is 4.46. The van der Waals surface area contributed by atoms with Crippen molar-refractivity contribution in [2.75, 3.05) is 0 Å². The van der Waals surface area contributed by atoms with Crippen LogP contribution in [0.15, 0.2) is 36.4 Å². The molecule has 0 amide bonds. The van der Waals surface area contributed by atoms with Gasteiger partial charge in [0.25, 0.3) is 0 Å². The zero-order valence-corrected chi connectivity index (χ0v) is 10.6. The van der Waals surface area contributed by atoms with Crippen molar-refractivity contribution in [2.24, 2.45) is 0 Å². The highest BCUT2D eigenvalue weighted by atomic mass is 19.1. The van der Waals surface area contributed by atoms with Gasteiger partial charge in [-0.1, -0.05) is 37.6 Å². The Bertz CT molecular complexity index is 601. The first-order valence-corrected chi connectivity index (χ1v) is 6.14. The topological polar surface area (TPSA) is 23.8 Å². The summed E-state index contributed by atoms with van der Waals surface area (Å²) in [7, 11) is 0. The Morgan fingerprint density at radius 1 is 1.00 bits per heavy atom. The zero-order chi connectivity index (χ0) is 13.8. The van der Waals surface area contributed by atoms with E-state index in [2.05, 4.69) is 6.92 Å². The summed E-state index contributed by atoms with van der Waals surface area (Å²) in [5, 5.41) is 8.63. The highest BCUT2D eigenvalue weighted by Crippen LogP contribution is 2.24. The van der Waals surface area contributed by atoms with E-state index in [-0.39, 0.29) is 0 Å². The average molecular weight is 257 g/mol. The van der Waals surface area contributed by atoms with E-state index < -0.39 is 17.2 Å². The van der Waals surface area contributed by atoms with E-state index in [1.807, 2.05) is 24.3 Å². The number of benzene rings is 2. The Morgan fingerprint density at radius 3 is 2.05 bits per heavy atom. The second kappa shape index (κ2) is 5.62. The van der Waals surface area contributed by atoms with E-state index in [4.69, 9.17) is 5.26 Å². The molecular weight excluding hydrogens is 244 g/mol. The molecule has 96 valence electrons. The smallest absolute Gasteiger partial charge is 0.144 e. The van der Waals surface area contributed by atoms with Crippen LogP contribution >= 0.6 is 0 Å². The highest BCUT2D eigenvalue weighted by Gasteiger charge is 2.11. The predicted molar refractivity (Wildman–Crippen MR) is 70.5 cm³/mol. The molecule has 1 nitrogen and oxygen atoms in total. The molecule has 0 radical (unpaired) electrons. The number of halogens is 2. The minimum absolute atomic E-state index is 0.442. The molecular formula is C16H13F2N. The van der Waals surface area contributed by atoms with Gasteiger partial charge < -0.3 is 0 Å². The van der Waals surface area contributed by atoms with Crippen LogP contribution in [0.25, 0.3) is 11.1 Å². The Labute approximate surface area is 111 Å². The molecule has 2 aromatic carbocycles. The highest BCUT2D eigenvalue weighted by molar-refractivity contribution is 5.65. The van der Waals surface area contributed by atoms with E-state index in [0.29, 0.717) is 5.56 Å². The molecule has 0 bridgehead atoms. The maximum Gasteiger partial charge on any atom is 0.144 e. The minimum Gasteiger partial charge on any atom is -0.205 e. The molecule has 2 aromatic rings. The maximum atomic E-state index is 13.5. The first kappa shape index (κ1) is 13.2. The van der Waals surface area contributed by atoms with E-state index in [1.54, 1.807) is 0 Å². The molecule has 0 fully saturated rings. The molecule has 0 saturated carbocycles. The lowest BCUT2D eigenvalue weighted by Gasteiger charge is -2.05. The molecule has 0 N–H and O–H groups in total. The third-order valence-electron chi connectivity index (χ3n) is 2.98. The van der Waals surface area contributed by atoms with Gasteiger partial charge in [0.15, 0.2) is 0 Å². The first-order valence-electron chi connectivity index (χ1n) is 6.14. The lowest BCUT2D eigenvalue weighted by atomic mass is 10.0. The fourth-order valence-corrected chi connectivity index (χ4v) is 2.00. The third-order valence-corrected chi connectivity index (χ3v) is 2.98. The van der Waals surface area contributed by atoms with E-state index in [9.17, 15) is 8.78 Å². The molecule has 0 aliphatic heterocycles. The average Bonchev–Trinajstić information content (AvgIpc) is 2.39. The fraction of sp³-hybridized carbons (Fsp3) is 0.188. The molecule has 0 aliphatic carbocycles. The van der Waals surface area contributed by atoms with Crippen molar-refractivity contribution in [1.82, 2.24) is 0 Å². The summed E-state index contributed by atoms with van der Waals surface area (Å²) in [6.07, 6.45) is 2.04. The summed E-state index contributed by atoms with van der Waals surface area (Å²) >= 11 is 0. The van der Waals surface area contributed by atoms with Gasteiger partial charge in [0, 0.05) is 0 Å². The molecule has 0 spiro atoms. The summed E-state index contributed by atoms with van der Waals surface area (Å²) < 4.78 is 27.1. The van der Waals surface area contributed by atoms with Crippen LogP contribution in [0.3, 0.4) is 0 Å². The van der Waals surface area contributed by atoms with Crippen molar-refractivity contribution >= 4 is 0 Å². The molecule has 0 unspecified atom stereocenters. The number of hydrogen-bond acceptors (Lipinski definition) is 1. The molecule has 19 heavy (non-hydrogen) atoms. The molecule has 0 atom stereocenters. The maximum absolute atomic E-state index is 13.5. The second-order valence-electron chi connectivity index (χ2n) is 4.37. The van der Waals surface area contributed by atoms with Gasteiger partial charge in [-0.15, -0.1) is 0 Å². The van der Waals surface area contributed by atoms with Gasteiger partial charge in [0.2, 0.25) is 0 Å². The lowest BCUT2D eigenvalue weighted by Crippen LogP contribution is -1.92. The third kappa shape index (κ3) is 2.79. The summed E-state index contributed by atoms with van der Waals surface area (Å²) in [6.45, 7) is 2.10. The number of hydrogen-bond donors (Lipinski definition) is 0. The molecule has 0 saturated heterocycles. The number of nitrogens with zero attached hydrogens (tertiary/aromatic N) is 1. The SMILES string of the molecule is CCCc1ccc(-c2cc(F)c(C#N)c(F)c2)cc1. The van der Waals surface area contributed by atoms with Crippen LogP contribution in [0, 0.1) is 23.0 Å². The number of rotatable bonds is 3. The summed E-state index contributed by atoms with van der Waals surface area (Å²) in [5.41, 5.74) is 1.84. The van der Waals surface area contributed by atoms with Gasteiger partial charge in [0.05, 0.1) is 0 Å². The van der Waals surface area contributed by atoms with Gasteiger partial charge in [-0.2, -0.15) is 5.26 Å². The fourth-order valence-electron chi connectivity index (χ4n) is 2.00. The van der Waals surface area contributed by atoms with E-state index in [0.717, 1.165) is 18.4 Å². The number of aryl methyl sites for hydroxylation is 1. The largest absolute Gasteiger partial charge is 0.205 e. The van der Waals surface area contributed by atoms with E-state index >= 15 is 0 Å². The summed E-state index contributed by atoms with van der Waals surface area (Å²) in [5.74, 6) is -1.65. The quantitative estimate of drug-likeness (QED) is 0.796. The van der Waals surface area contributed by atoms with Crippen molar-refractivity contribution in [3.8, 4) is 17.2 Å². The van der Waals surface area contributed by atoms with Crippen LogP contribution in [0.4, 0.5) is 8.78 Å². The van der Waals surface area contributed by atoms with Crippen LogP contribution in [0.5, 0.6) is 0 Å². The first-order chi connectivity index (χ1) is 9.15. The minimum atomic E-state index is -0.824. The Kier molecular flexibility index (Phi) is 3.91. The van der Waals surface area contributed by atoms with Crippen molar-refractivity contribution in [3.05, 3.63) is 59.2 Å². The van der Waals surface area contributed by atoms with Crippen molar-refractivity contribution in [2.45, 2.75) is 19.8 Å². The monoisotopic (exact) mass is 257 g/mol. The molecule has 2 rings (SSSR count). The van der Waals surface area contributed by atoms with E-state index in [1.165, 1.54) is 23.8 Å². The normalized spacial score (nSPS) is 10.2. The van der Waals surface area contributed by atoms with Crippen LogP contribution in [-0.4, -0.2) is 0 Å². The molecule has 0 heterocycles. The standard InChI is InChI=1S/C16H13F2N/c1-2-3-11-4-6-12(7-5-11)13-8-15(17)14(10-19)16(18)9-13/h4-9H,2-3H2,1H3. The van der Waals surface area contributed by atoms with Crippen molar-refractivity contribution in [3.63, 3.8) is 0 Å².